The van der Waals surface area contributed by atoms with Gasteiger partial charge in [-0.3, -0.25) is 0 Å². The summed E-state index contributed by atoms with van der Waals surface area (Å²) >= 11 is 0. The Morgan fingerprint density at radius 1 is 1.64 bits per heavy atom. The maximum atomic E-state index is 8.57. The fourth-order valence-electron chi connectivity index (χ4n) is 0.993. The molecule has 0 spiro atoms. The van der Waals surface area contributed by atoms with Crippen LogP contribution in [0.4, 0.5) is 0 Å². The summed E-state index contributed by atoms with van der Waals surface area (Å²) in [5.74, 6) is 0.578. The van der Waals surface area contributed by atoms with E-state index in [1.165, 1.54) is 0 Å². The van der Waals surface area contributed by atoms with Crippen molar-refractivity contribution in [2.75, 3.05) is 6.61 Å². The van der Waals surface area contributed by atoms with Crippen molar-refractivity contribution in [3.63, 3.8) is 0 Å². The van der Waals surface area contributed by atoms with Gasteiger partial charge in [0.25, 0.3) is 0 Å². The topological polar surface area (TPSA) is 62.1 Å². The SMILES string of the molecule is OCCc1nc2[nH]ccc2o1. The van der Waals surface area contributed by atoms with Crippen LogP contribution in [0.25, 0.3) is 11.2 Å². The Kier molecular flexibility index (Phi) is 1.40. The van der Waals surface area contributed by atoms with Gasteiger partial charge in [0.15, 0.2) is 17.1 Å². The standard InChI is InChI=1S/C7H8N2O2/c10-4-2-6-9-7-5(11-6)1-3-8-7/h1,3,8,10H,2,4H2. The van der Waals surface area contributed by atoms with Crippen molar-refractivity contribution in [2.24, 2.45) is 0 Å². The number of rotatable bonds is 2. The second-order valence-corrected chi connectivity index (χ2v) is 2.27. The number of nitrogens with zero attached hydrogens (tertiary/aromatic N) is 1. The second kappa shape index (κ2) is 2.39. The first-order valence-corrected chi connectivity index (χ1v) is 3.44. The van der Waals surface area contributed by atoms with Crippen molar-refractivity contribution in [1.29, 1.82) is 0 Å². The highest BCUT2D eigenvalue weighted by molar-refractivity contribution is 5.68. The van der Waals surface area contributed by atoms with Crippen molar-refractivity contribution in [2.45, 2.75) is 6.42 Å². The van der Waals surface area contributed by atoms with Crippen molar-refractivity contribution < 1.29 is 9.52 Å². The van der Waals surface area contributed by atoms with Gasteiger partial charge < -0.3 is 14.5 Å². The van der Waals surface area contributed by atoms with Gasteiger partial charge in [-0.05, 0) is 0 Å². The minimum absolute atomic E-state index is 0.0725. The highest BCUT2D eigenvalue weighted by Crippen LogP contribution is 2.12. The van der Waals surface area contributed by atoms with E-state index in [2.05, 4.69) is 9.97 Å². The van der Waals surface area contributed by atoms with Crippen molar-refractivity contribution in [3.8, 4) is 0 Å². The minimum atomic E-state index is 0.0725. The van der Waals surface area contributed by atoms with Crippen LogP contribution in [-0.2, 0) is 6.42 Å². The lowest BCUT2D eigenvalue weighted by Gasteiger charge is -1.85. The highest BCUT2D eigenvalue weighted by atomic mass is 16.4. The minimum Gasteiger partial charge on any atom is -0.439 e. The number of H-pyrrole nitrogens is 1. The fraction of sp³-hybridized carbons (Fsp3) is 0.286. The highest BCUT2D eigenvalue weighted by Gasteiger charge is 2.03. The fourth-order valence-corrected chi connectivity index (χ4v) is 0.993. The number of aliphatic hydroxyl groups excluding tert-OH is 1. The van der Waals surface area contributed by atoms with Gasteiger partial charge in [-0.25, -0.2) is 0 Å². The summed E-state index contributed by atoms with van der Waals surface area (Å²) in [7, 11) is 0. The van der Waals surface area contributed by atoms with E-state index in [4.69, 9.17) is 9.52 Å². The van der Waals surface area contributed by atoms with Crippen LogP contribution in [0, 0.1) is 0 Å². The molecular weight excluding hydrogens is 144 g/mol. The van der Waals surface area contributed by atoms with Crippen molar-refractivity contribution in [3.05, 3.63) is 18.2 Å². The van der Waals surface area contributed by atoms with Gasteiger partial charge in [0, 0.05) is 18.7 Å². The molecule has 0 unspecified atom stereocenters. The summed E-state index contributed by atoms with van der Waals surface area (Å²) in [4.78, 5) is 6.99. The molecule has 0 saturated heterocycles. The third kappa shape index (κ3) is 1.01. The summed E-state index contributed by atoms with van der Waals surface area (Å²) in [5, 5.41) is 8.57. The summed E-state index contributed by atoms with van der Waals surface area (Å²) in [5.41, 5.74) is 1.49. The molecule has 11 heavy (non-hydrogen) atoms. The zero-order valence-corrected chi connectivity index (χ0v) is 5.87. The molecule has 0 bridgehead atoms. The smallest absolute Gasteiger partial charge is 0.199 e. The van der Waals surface area contributed by atoms with E-state index in [0.717, 1.165) is 11.2 Å². The van der Waals surface area contributed by atoms with Crippen LogP contribution in [0.15, 0.2) is 16.7 Å². The molecule has 0 aliphatic rings. The Bertz CT molecular complexity index is 321. The Labute approximate surface area is 62.9 Å². The first-order valence-electron chi connectivity index (χ1n) is 3.44. The molecule has 0 atom stereocenters. The molecule has 0 aliphatic heterocycles. The summed E-state index contributed by atoms with van der Waals surface area (Å²) < 4.78 is 5.25. The monoisotopic (exact) mass is 152 g/mol. The maximum absolute atomic E-state index is 8.57. The number of aromatic nitrogens is 2. The van der Waals surface area contributed by atoms with E-state index < -0.39 is 0 Å². The molecule has 0 aliphatic carbocycles. The number of fused-ring (bicyclic) bond motifs is 1. The molecule has 58 valence electrons. The first kappa shape index (κ1) is 6.42. The van der Waals surface area contributed by atoms with E-state index in [0.29, 0.717) is 12.3 Å². The van der Waals surface area contributed by atoms with Gasteiger partial charge in [-0.1, -0.05) is 0 Å². The second-order valence-electron chi connectivity index (χ2n) is 2.27. The number of aliphatic hydroxyl groups is 1. The Morgan fingerprint density at radius 2 is 2.55 bits per heavy atom. The number of oxazole rings is 1. The van der Waals surface area contributed by atoms with Crippen LogP contribution in [-0.4, -0.2) is 21.7 Å². The Hall–Kier alpha value is -1.29. The van der Waals surface area contributed by atoms with Crippen LogP contribution in [0.1, 0.15) is 5.89 Å². The number of nitrogens with one attached hydrogen (secondary N) is 1. The molecule has 4 heteroatoms. The molecule has 2 heterocycles. The lowest BCUT2D eigenvalue weighted by atomic mass is 10.5. The van der Waals surface area contributed by atoms with Gasteiger partial charge in [0.05, 0.1) is 6.61 Å². The van der Waals surface area contributed by atoms with Crippen LogP contribution < -0.4 is 0 Å². The van der Waals surface area contributed by atoms with E-state index >= 15 is 0 Å². The van der Waals surface area contributed by atoms with Gasteiger partial charge >= 0.3 is 0 Å². The quantitative estimate of drug-likeness (QED) is 0.665. The third-order valence-electron chi connectivity index (χ3n) is 1.48. The molecule has 0 saturated carbocycles. The molecule has 0 radical (unpaired) electrons. The lowest BCUT2D eigenvalue weighted by molar-refractivity contribution is 0.287. The maximum Gasteiger partial charge on any atom is 0.199 e. The number of hydrogen-bond donors (Lipinski definition) is 2. The van der Waals surface area contributed by atoms with Gasteiger partial charge in [0.2, 0.25) is 0 Å². The molecule has 4 nitrogen and oxygen atoms in total. The first-order chi connectivity index (χ1) is 5.40. The molecule has 2 aromatic rings. The molecule has 2 N–H and O–H groups in total. The average Bonchev–Trinajstić information content (AvgIpc) is 2.46. The van der Waals surface area contributed by atoms with E-state index in [1.54, 1.807) is 6.20 Å². The third-order valence-corrected chi connectivity index (χ3v) is 1.48. The van der Waals surface area contributed by atoms with Gasteiger partial charge in [0.1, 0.15) is 0 Å². The van der Waals surface area contributed by atoms with Gasteiger partial charge in [-0.2, -0.15) is 4.98 Å². The van der Waals surface area contributed by atoms with Crippen molar-refractivity contribution in [1.82, 2.24) is 9.97 Å². The molecule has 2 rings (SSSR count). The predicted molar refractivity (Wildman–Crippen MR) is 39.1 cm³/mol. The van der Waals surface area contributed by atoms with E-state index in [9.17, 15) is 0 Å². The van der Waals surface area contributed by atoms with Crippen LogP contribution >= 0.6 is 0 Å². The van der Waals surface area contributed by atoms with Crippen LogP contribution in [0.3, 0.4) is 0 Å². The van der Waals surface area contributed by atoms with Crippen LogP contribution in [0.5, 0.6) is 0 Å². The normalized spacial score (nSPS) is 11.0. The largest absolute Gasteiger partial charge is 0.439 e. The van der Waals surface area contributed by atoms with Crippen molar-refractivity contribution >= 4 is 11.2 Å². The predicted octanol–water partition coefficient (Wildman–Crippen LogP) is 0.691. The summed E-state index contributed by atoms with van der Waals surface area (Å²) in [6.07, 6.45) is 2.24. The zero-order chi connectivity index (χ0) is 7.68. The molecule has 0 fully saturated rings. The lowest BCUT2D eigenvalue weighted by Crippen LogP contribution is -1.89. The number of aromatic amines is 1. The summed E-state index contributed by atoms with van der Waals surface area (Å²) in [6, 6.07) is 1.81. The van der Waals surface area contributed by atoms with Crippen LogP contribution in [0.2, 0.25) is 0 Å². The Balaban J connectivity index is 2.42. The number of hydrogen-bond acceptors (Lipinski definition) is 3. The molecule has 2 aromatic heterocycles. The zero-order valence-electron chi connectivity index (χ0n) is 5.87. The summed E-state index contributed by atoms with van der Waals surface area (Å²) in [6.45, 7) is 0.0725. The molecule has 0 amide bonds. The molecule has 0 aromatic carbocycles. The van der Waals surface area contributed by atoms with Gasteiger partial charge in [-0.15, -0.1) is 0 Å². The Morgan fingerprint density at radius 3 is 3.27 bits per heavy atom. The molecular formula is C7H8N2O2. The average molecular weight is 152 g/mol. The van der Waals surface area contributed by atoms with E-state index in [1.807, 2.05) is 6.07 Å². The van der Waals surface area contributed by atoms with E-state index in [-0.39, 0.29) is 6.61 Å².